The lowest BCUT2D eigenvalue weighted by Gasteiger charge is -2.16. The van der Waals surface area contributed by atoms with Crippen LogP contribution in [0, 0.1) is 0 Å². The van der Waals surface area contributed by atoms with Gasteiger partial charge in [-0.15, -0.1) is 0 Å². The number of rotatable bonds is 10. The first-order valence-electron chi connectivity index (χ1n) is 6.71. The van der Waals surface area contributed by atoms with Crippen molar-refractivity contribution in [3.05, 3.63) is 23.7 Å². The summed E-state index contributed by atoms with van der Waals surface area (Å²) in [6.07, 6.45) is 3.99. The highest BCUT2D eigenvalue weighted by Gasteiger charge is 2.08. The van der Waals surface area contributed by atoms with Crippen LogP contribution in [0.2, 0.25) is 0 Å². The van der Waals surface area contributed by atoms with Crippen molar-refractivity contribution in [2.24, 2.45) is 0 Å². The number of ether oxygens (including phenoxy) is 1. The second-order valence-corrected chi connectivity index (χ2v) is 4.63. The Bertz CT molecular complexity index is 312. The van der Waals surface area contributed by atoms with Gasteiger partial charge >= 0.3 is 0 Å². The van der Waals surface area contributed by atoms with Crippen LogP contribution in [0.5, 0.6) is 0 Å². The molecule has 0 radical (unpaired) electrons. The molecule has 1 N–H and O–H groups in total. The maximum Gasteiger partial charge on any atom is 0.122 e. The number of hydrogen-bond acceptors (Lipinski definition) is 4. The predicted molar refractivity (Wildman–Crippen MR) is 73.5 cm³/mol. The van der Waals surface area contributed by atoms with Gasteiger partial charge in [-0.05, 0) is 32.5 Å². The standard InChI is InChI=1S/C14H26N2O2/c1-4-7-15-11-14-13(6-10-18-14)12-16(2)8-5-9-17-3/h6,10,15H,4-5,7-9,11-12H2,1-3H3. The molecular weight excluding hydrogens is 228 g/mol. The molecule has 4 nitrogen and oxygen atoms in total. The summed E-state index contributed by atoms with van der Waals surface area (Å²) in [5, 5.41) is 3.37. The van der Waals surface area contributed by atoms with Crippen molar-refractivity contribution in [1.29, 1.82) is 0 Å². The fourth-order valence-electron chi connectivity index (χ4n) is 1.89. The molecule has 0 atom stereocenters. The molecular formula is C14H26N2O2. The van der Waals surface area contributed by atoms with E-state index in [2.05, 4.69) is 30.3 Å². The highest BCUT2D eigenvalue weighted by molar-refractivity contribution is 5.16. The van der Waals surface area contributed by atoms with E-state index >= 15 is 0 Å². The molecule has 0 unspecified atom stereocenters. The Morgan fingerprint density at radius 3 is 3.00 bits per heavy atom. The van der Waals surface area contributed by atoms with Crippen LogP contribution in [-0.2, 0) is 17.8 Å². The van der Waals surface area contributed by atoms with Crippen molar-refractivity contribution in [1.82, 2.24) is 10.2 Å². The SMILES string of the molecule is CCCNCc1occc1CN(C)CCCOC. The third-order valence-electron chi connectivity index (χ3n) is 2.88. The molecule has 0 bridgehead atoms. The summed E-state index contributed by atoms with van der Waals surface area (Å²) in [6, 6.07) is 2.07. The van der Waals surface area contributed by atoms with Crippen LogP contribution in [0.4, 0.5) is 0 Å². The van der Waals surface area contributed by atoms with Gasteiger partial charge in [0.2, 0.25) is 0 Å². The van der Waals surface area contributed by atoms with Gasteiger partial charge in [-0.2, -0.15) is 0 Å². The normalized spacial score (nSPS) is 11.3. The predicted octanol–water partition coefficient (Wildman–Crippen LogP) is 2.25. The molecule has 0 fully saturated rings. The first kappa shape index (κ1) is 15.2. The minimum absolute atomic E-state index is 0.820. The molecule has 1 rings (SSSR count). The fourth-order valence-corrected chi connectivity index (χ4v) is 1.89. The van der Waals surface area contributed by atoms with Gasteiger partial charge in [-0.3, -0.25) is 0 Å². The topological polar surface area (TPSA) is 37.6 Å². The molecule has 0 aliphatic carbocycles. The Balaban J connectivity index is 2.34. The van der Waals surface area contributed by atoms with Crippen LogP contribution in [0.15, 0.2) is 16.7 Å². The minimum atomic E-state index is 0.820. The van der Waals surface area contributed by atoms with Crippen LogP contribution in [0.3, 0.4) is 0 Å². The Labute approximate surface area is 110 Å². The van der Waals surface area contributed by atoms with E-state index < -0.39 is 0 Å². The molecule has 4 heteroatoms. The van der Waals surface area contributed by atoms with Crippen molar-refractivity contribution in [3.63, 3.8) is 0 Å². The first-order valence-corrected chi connectivity index (χ1v) is 6.71. The summed E-state index contributed by atoms with van der Waals surface area (Å²) in [6.45, 7) is 6.82. The Morgan fingerprint density at radius 2 is 2.28 bits per heavy atom. The van der Waals surface area contributed by atoms with Gasteiger partial charge < -0.3 is 19.4 Å². The Hall–Kier alpha value is -0.840. The van der Waals surface area contributed by atoms with E-state index in [9.17, 15) is 0 Å². The monoisotopic (exact) mass is 254 g/mol. The third-order valence-corrected chi connectivity index (χ3v) is 2.88. The maximum absolute atomic E-state index is 5.52. The summed E-state index contributed by atoms with van der Waals surface area (Å²) in [5.41, 5.74) is 1.28. The number of nitrogens with zero attached hydrogens (tertiary/aromatic N) is 1. The van der Waals surface area contributed by atoms with Crippen molar-refractivity contribution in [2.45, 2.75) is 32.9 Å². The second kappa shape index (κ2) is 9.14. The van der Waals surface area contributed by atoms with Crippen molar-refractivity contribution >= 4 is 0 Å². The largest absolute Gasteiger partial charge is 0.468 e. The quantitative estimate of drug-likeness (QED) is 0.650. The number of nitrogens with one attached hydrogen (secondary N) is 1. The summed E-state index contributed by atoms with van der Waals surface area (Å²) in [5.74, 6) is 1.06. The van der Waals surface area contributed by atoms with E-state index in [1.807, 2.05) is 0 Å². The van der Waals surface area contributed by atoms with Gasteiger partial charge in [0.05, 0.1) is 12.8 Å². The summed E-state index contributed by atoms with van der Waals surface area (Å²) < 4.78 is 10.6. The van der Waals surface area contributed by atoms with Gasteiger partial charge in [0, 0.05) is 32.4 Å². The zero-order valence-electron chi connectivity index (χ0n) is 11.9. The van der Waals surface area contributed by atoms with E-state index in [0.717, 1.165) is 51.4 Å². The third kappa shape index (κ3) is 5.67. The van der Waals surface area contributed by atoms with E-state index in [1.54, 1.807) is 13.4 Å². The average molecular weight is 254 g/mol. The molecule has 104 valence electrons. The zero-order chi connectivity index (χ0) is 13.2. The highest BCUT2D eigenvalue weighted by atomic mass is 16.5. The highest BCUT2D eigenvalue weighted by Crippen LogP contribution is 2.12. The molecule has 1 aromatic heterocycles. The molecule has 0 aliphatic rings. The molecule has 0 saturated heterocycles. The van der Waals surface area contributed by atoms with E-state index in [1.165, 1.54) is 5.56 Å². The average Bonchev–Trinajstić information content (AvgIpc) is 2.77. The van der Waals surface area contributed by atoms with Crippen molar-refractivity contribution in [2.75, 3.05) is 33.9 Å². The van der Waals surface area contributed by atoms with E-state index in [4.69, 9.17) is 9.15 Å². The van der Waals surface area contributed by atoms with E-state index in [0.29, 0.717) is 0 Å². The molecule has 1 heterocycles. The molecule has 18 heavy (non-hydrogen) atoms. The van der Waals surface area contributed by atoms with Gasteiger partial charge in [0.15, 0.2) is 0 Å². The Kier molecular flexibility index (Phi) is 7.73. The lowest BCUT2D eigenvalue weighted by molar-refractivity contribution is 0.178. The van der Waals surface area contributed by atoms with Crippen LogP contribution in [-0.4, -0.2) is 38.8 Å². The molecule has 0 amide bonds. The zero-order valence-corrected chi connectivity index (χ0v) is 11.9. The van der Waals surface area contributed by atoms with Crippen LogP contribution >= 0.6 is 0 Å². The van der Waals surface area contributed by atoms with Crippen LogP contribution in [0.25, 0.3) is 0 Å². The van der Waals surface area contributed by atoms with Crippen LogP contribution < -0.4 is 5.32 Å². The molecule has 1 aromatic rings. The minimum Gasteiger partial charge on any atom is -0.468 e. The molecule has 0 saturated carbocycles. The number of methoxy groups -OCH3 is 1. The van der Waals surface area contributed by atoms with Crippen molar-refractivity contribution in [3.8, 4) is 0 Å². The maximum atomic E-state index is 5.52. The van der Waals surface area contributed by atoms with Gasteiger partial charge in [-0.25, -0.2) is 0 Å². The lowest BCUT2D eigenvalue weighted by atomic mass is 10.2. The fraction of sp³-hybridized carbons (Fsp3) is 0.714. The van der Waals surface area contributed by atoms with Crippen LogP contribution in [0.1, 0.15) is 31.1 Å². The lowest BCUT2D eigenvalue weighted by Crippen LogP contribution is -2.21. The summed E-state index contributed by atoms with van der Waals surface area (Å²) >= 11 is 0. The smallest absolute Gasteiger partial charge is 0.122 e. The van der Waals surface area contributed by atoms with Crippen molar-refractivity contribution < 1.29 is 9.15 Å². The van der Waals surface area contributed by atoms with Gasteiger partial charge in [0.1, 0.15) is 5.76 Å². The molecule has 0 spiro atoms. The molecule has 0 aromatic carbocycles. The van der Waals surface area contributed by atoms with Gasteiger partial charge in [-0.1, -0.05) is 6.92 Å². The number of furan rings is 1. The van der Waals surface area contributed by atoms with Gasteiger partial charge in [0.25, 0.3) is 0 Å². The second-order valence-electron chi connectivity index (χ2n) is 4.63. The summed E-state index contributed by atoms with van der Waals surface area (Å²) in [7, 11) is 3.87. The Morgan fingerprint density at radius 1 is 1.44 bits per heavy atom. The van der Waals surface area contributed by atoms with E-state index in [-0.39, 0.29) is 0 Å². The first-order chi connectivity index (χ1) is 8.77. The summed E-state index contributed by atoms with van der Waals surface area (Å²) in [4.78, 5) is 2.30. The number of hydrogen-bond donors (Lipinski definition) is 1. The molecule has 0 aliphatic heterocycles.